The van der Waals surface area contributed by atoms with Gasteiger partial charge in [-0.25, -0.2) is 0 Å². The topological polar surface area (TPSA) is 104 Å². The Bertz CT molecular complexity index is 2290. The normalized spacial score (nSPS) is 11.0. The Morgan fingerprint density at radius 2 is 0.772 bits per heavy atom. The van der Waals surface area contributed by atoms with E-state index < -0.39 is 17.7 Å². The first-order valence-corrected chi connectivity index (χ1v) is 18.6. The van der Waals surface area contributed by atoms with E-state index in [4.69, 9.17) is 0 Å². The Labute approximate surface area is 331 Å². The van der Waals surface area contributed by atoms with Crippen molar-refractivity contribution in [3.63, 3.8) is 0 Å². The SMILES string of the molecule is O=C(C=Cc1ccc(NC(=O)c2cc(NC(=O)C(c3ccccc3)c3ccccc3)cc(NC(=O)C(c3ccccc3)c3ccccc3)c2)cc1)c1ccccc1. The summed E-state index contributed by atoms with van der Waals surface area (Å²) in [6, 6.07) is 58.9. The molecule has 0 aromatic heterocycles. The molecule has 7 nitrogen and oxygen atoms in total. The van der Waals surface area contributed by atoms with Crippen LogP contribution in [0.2, 0.25) is 0 Å². The Morgan fingerprint density at radius 3 is 1.18 bits per heavy atom. The first-order chi connectivity index (χ1) is 27.9. The molecule has 0 spiro atoms. The van der Waals surface area contributed by atoms with Gasteiger partial charge in [0.15, 0.2) is 5.78 Å². The smallest absolute Gasteiger partial charge is 0.255 e. The molecule has 7 aromatic carbocycles. The molecule has 0 saturated carbocycles. The number of nitrogens with one attached hydrogen (secondary N) is 3. The lowest BCUT2D eigenvalue weighted by Crippen LogP contribution is -2.24. The lowest BCUT2D eigenvalue weighted by atomic mass is 9.90. The summed E-state index contributed by atoms with van der Waals surface area (Å²) in [4.78, 5) is 54.8. The van der Waals surface area contributed by atoms with Crippen molar-refractivity contribution in [1.29, 1.82) is 0 Å². The molecule has 0 unspecified atom stereocenters. The molecular formula is C50H39N3O4. The lowest BCUT2D eigenvalue weighted by molar-refractivity contribution is -0.117. The second kappa shape index (κ2) is 18.1. The minimum Gasteiger partial charge on any atom is -0.325 e. The average molecular weight is 746 g/mol. The van der Waals surface area contributed by atoms with Crippen LogP contribution in [-0.2, 0) is 9.59 Å². The fraction of sp³-hybridized carbons (Fsp3) is 0.0400. The fourth-order valence-corrected chi connectivity index (χ4v) is 6.66. The van der Waals surface area contributed by atoms with E-state index in [1.165, 1.54) is 6.08 Å². The molecular weight excluding hydrogens is 707 g/mol. The standard InChI is InChI=1S/C50H39N3O4/c54-45(36-16-6-1-7-17-36)31-28-35-26-29-42(30-27-35)51-48(55)41-32-43(52-49(56)46(37-18-8-2-9-19-37)38-20-10-3-11-21-38)34-44(33-41)53-50(57)47(39-22-12-4-13-23-39)40-24-14-5-15-25-40/h1-34,46-47H,(H,51,55)(H,52,56)(H,53,57). The van der Waals surface area contributed by atoms with Crippen LogP contribution in [0.1, 0.15) is 60.4 Å². The van der Waals surface area contributed by atoms with Gasteiger partial charge in [0.25, 0.3) is 5.91 Å². The highest BCUT2D eigenvalue weighted by Crippen LogP contribution is 2.30. The van der Waals surface area contributed by atoms with Crippen LogP contribution in [0.25, 0.3) is 6.08 Å². The largest absolute Gasteiger partial charge is 0.325 e. The van der Waals surface area contributed by atoms with Gasteiger partial charge in [0.1, 0.15) is 0 Å². The van der Waals surface area contributed by atoms with Crippen LogP contribution in [0.4, 0.5) is 17.1 Å². The molecule has 0 radical (unpaired) electrons. The molecule has 0 bridgehead atoms. The summed E-state index contributed by atoms with van der Waals surface area (Å²) in [5.41, 5.74) is 6.00. The summed E-state index contributed by atoms with van der Waals surface area (Å²) in [6.07, 6.45) is 3.23. The number of ketones is 1. The number of carbonyl (C=O) groups excluding carboxylic acids is 4. The van der Waals surface area contributed by atoms with Gasteiger partial charge in [0, 0.05) is 28.2 Å². The van der Waals surface area contributed by atoms with Gasteiger partial charge in [-0.1, -0.05) is 170 Å². The van der Waals surface area contributed by atoms with Crippen molar-refractivity contribution in [2.24, 2.45) is 0 Å². The van der Waals surface area contributed by atoms with Crippen molar-refractivity contribution in [2.45, 2.75) is 11.8 Å². The molecule has 278 valence electrons. The van der Waals surface area contributed by atoms with Crippen LogP contribution < -0.4 is 16.0 Å². The highest BCUT2D eigenvalue weighted by atomic mass is 16.2. The first kappa shape index (κ1) is 37.7. The van der Waals surface area contributed by atoms with Crippen molar-refractivity contribution in [1.82, 2.24) is 0 Å². The summed E-state index contributed by atoms with van der Waals surface area (Å²) in [5, 5.41) is 9.01. The summed E-state index contributed by atoms with van der Waals surface area (Å²) >= 11 is 0. The second-order valence-electron chi connectivity index (χ2n) is 13.4. The first-order valence-electron chi connectivity index (χ1n) is 18.6. The summed E-state index contributed by atoms with van der Waals surface area (Å²) in [6.45, 7) is 0. The van der Waals surface area contributed by atoms with Crippen molar-refractivity contribution < 1.29 is 19.2 Å². The minimum atomic E-state index is -0.640. The van der Waals surface area contributed by atoms with Gasteiger partial charge in [-0.05, 0) is 64.2 Å². The summed E-state index contributed by atoms with van der Waals surface area (Å²) < 4.78 is 0. The molecule has 0 fully saturated rings. The predicted molar refractivity (Wildman–Crippen MR) is 227 cm³/mol. The highest BCUT2D eigenvalue weighted by molar-refractivity contribution is 6.09. The van der Waals surface area contributed by atoms with Crippen molar-refractivity contribution in [3.8, 4) is 0 Å². The monoisotopic (exact) mass is 745 g/mol. The predicted octanol–water partition coefficient (Wildman–Crippen LogP) is 10.4. The molecule has 0 aliphatic heterocycles. The highest BCUT2D eigenvalue weighted by Gasteiger charge is 2.25. The van der Waals surface area contributed by atoms with Gasteiger partial charge in [-0.3, -0.25) is 19.2 Å². The van der Waals surface area contributed by atoms with E-state index in [-0.39, 0.29) is 23.2 Å². The van der Waals surface area contributed by atoms with E-state index in [1.807, 2.05) is 140 Å². The van der Waals surface area contributed by atoms with Crippen LogP contribution in [0.15, 0.2) is 200 Å². The van der Waals surface area contributed by atoms with Crippen LogP contribution in [-0.4, -0.2) is 23.5 Å². The van der Waals surface area contributed by atoms with Gasteiger partial charge >= 0.3 is 0 Å². The molecule has 3 N–H and O–H groups in total. The minimum absolute atomic E-state index is 0.111. The number of amides is 3. The molecule has 0 aliphatic rings. The molecule has 0 saturated heterocycles. The maximum atomic E-state index is 14.2. The van der Waals surface area contributed by atoms with Crippen LogP contribution >= 0.6 is 0 Å². The van der Waals surface area contributed by atoms with E-state index in [0.717, 1.165) is 27.8 Å². The Balaban J connectivity index is 1.18. The molecule has 3 amide bonds. The molecule has 0 heterocycles. The van der Waals surface area contributed by atoms with E-state index in [9.17, 15) is 19.2 Å². The van der Waals surface area contributed by atoms with Crippen LogP contribution in [0, 0.1) is 0 Å². The number of hydrogen-bond donors (Lipinski definition) is 3. The molecule has 57 heavy (non-hydrogen) atoms. The maximum absolute atomic E-state index is 14.2. The van der Waals surface area contributed by atoms with E-state index in [2.05, 4.69) is 16.0 Å². The molecule has 7 aromatic rings. The Morgan fingerprint density at radius 1 is 0.386 bits per heavy atom. The van der Waals surface area contributed by atoms with Gasteiger partial charge in [-0.15, -0.1) is 0 Å². The molecule has 0 aliphatic carbocycles. The van der Waals surface area contributed by atoms with E-state index in [0.29, 0.717) is 22.6 Å². The number of anilines is 3. The zero-order chi connectivity index (χ0) is 39.4. The summed E-state index contributed by atoms with van der Waals surface area (Å²) in [7, 11) is 0. The number of rotatable bonds is 13. The quantitative estimate of drug-likeness (QED) is 0.0807. The van der Waals surface area contributed by atoms with E-state index in [1.54, 1.807) is 60.7 Å². The average Bonchev–Trinajstić information content (AvgIpc) is 3.25. The number of carbonyl (C=O) groups is 4. The number of benzene rings is 7. The van der Waals surface area contributed by atoms with Gasteiger partial charge in [0.05, 0.1) is 11.8 Å². The van der Waals surface area contributed by atoms with Crippen molar-refractivity contribution >= 4 is 46.6 Å². The third-order valence-corrected chi connectivity index (χ3v) is 9.44. The third kappa shape index (κ3) is 9.73. The third-order valence-electron chi connectivity index (χ3n) is 9.44. The van der Waals surface area contributed by atoms with Gasteiger partial charge < -0.3 is 16.0 Å². The summed E-state index contributed by atoms with van der Waals surface area (Å²) in [5.74, 6) is -2.45. The van der Waals surface area contributed by atoms with Gasteiger partial charge in [-0.2, -0.15) is 0 Å². The van der Waals surface area contributed by atoms with Crippen molar-refractivity contribution in [3.05, 3.63) is 239 Å². The van der Waals surface area contributed by atoms with Gasteiger partial charge in [0.2, 0.25) is 11.8 Å². The maximum Gasteiger partial charge on any atom is 0.255 e. The Hall–Kier alpha value is -7.64. The van der Waals surface area contributed by atoms with Crippen molar-refractivity contribution in [2.75, 3.05) is 16.0 Å². The van der Waals surface area contributed by atoms with Crippen LogP contribution in [0.3, 0.4) is 0 Å². The molecule has 7 rings (SSSR count). The zero-order valence-corrected chi connectivity index (χ0v) is 30.9. The molecule has 7 heteroatoms. The number of allylic oxidation sites excluding steroid dienone is 1. The number of hydrogen-bond acceptors (Lipinski definition) is 4. The van der Waals surface area contributed by atoms with Crippen LogP contribution in [0.5, 0.6) is 0 Å². The lowest BCUT2D eigenvalue weighted by Gasteiger charge is -2.20. The molecule has 0 atom stereocenters. The Kier molecular flexibility index (Phi) is 12.0. The zero-order valence-electron chi connectivity index (χ0n) is 30.9. The fourth-order valence-electron chi connectivity index (χ4n) is 6.66. The second-order valence-corrected chi connectivity index (χ2v) is 13.4. The van der Waals surface area contributed by atoms with E-state index >= 15 is 0 Å².